The maximum atomic E-state index is 11.8. The third-order valence-electron chi connectivity index (χ3n) is 3.21. The Balaban J connectivity index is 2.27. The quantitative estimate of drug-likeness (QED) is 0.832. The van der Waals surface area contributed by atoms with E-state index in [1.54, 1.807) is 12.1 Å². The molecule has 1 N–H and O–H groups in total. The molecule has 1 heterocycles. The second kappa shape index (κ2) is 5.09. The molecule has 1 aromatic carbocycles. The number of hydrogen-bond acceptors (Lipinski definition) is 4. The van der Waals surface area contributed by atoms with Gasteiger partial charge in [-0.05, 0) is 31.0 Å². The molecule has 4 nitrogen and oxygen atoms in total. The van der Waals surface area contributed by atoms with Crippen LogP contribution in [0.4, 0.5) is 0 Å². The van der Waals surface area contributed by atoms with E-state index in [0.29, 0.717) is 12.0 Å². The maximum Gasteiger partial charge on any atom is 0.152 e. The molecule has 2 unspecified atom stereocenters. The molecule has 18 heavy (non-hydrogen) atoms. The largest absolute Gasteiger partial charge is 0.307 e. The highest BCUT2D eigenvalue weighted by atomic mass is 32.2. The molecule has 0 spiro atoms. The minimum Gasteiger partial charge on any atom is -0.307 e. The number of hydrogen-bond donors (Lipinski definition) is 1. The second-order valence-corrected chi connectivity index (χ2v) is 6.99. The number of nitriles is 1. The van der Waals surface area contributed by atoms with E-state index in [0.717, 1.165) is 5.56 Å². The van der Waals surface area contributed by atoms with E-state index in [2.05, 4.69) is 11.4 Å². The molecule has 0 saturated carbocycles. The lowest BCUT2D eigenvalue weighted by Gasteiger charge is -2.19. The summed E-state index contributed by atoms with van der Waals surface area (Å²) < 4.78 is 23.7. The molecule has 5 heteroatoms. The van der Waals surface area contributed by atoms with Crippen LogP contribution in [0.2, 0.25) is 0 Å². The van der Waals surface area contributed by atoms with E-state index in [-0.39, 0.29) is 23.6 Å². The zero-order chi connectivity index (χ0) is 13.2. The Morgan fingerprint density at radius 1 is 1.33 bits per heavy atom. The monoisotopic (exact) mass is 264 g/mol. The molecular formula is C13H16N2O2S. The molecular weight excluding hydrogens is 248 g/mol. The van der Waals surface area contributed by atoms with Gasteiger partial charge in [-0.3, -0.25) is 0 Å². The van der Waals surface area contributed by atoms with Gasteiger partial charge in [0, 0.05) is 12.1 Å². The van der Waals surface area contributed by atoms with E-state index in [1.807, 2.05) is 19.1 Å². The minimum atomic E-state index is -2.99. The van der Waals surface area contributed by atoms with Crippen LogP contribution in [0.5, 0.6) is 0 Å². The van der Waals surface area contributed by atoms with Gasteiger partial charge in [0.2, 0.25) is 0 Å². The second-order valence-electron chi connectivity index (χ2n) is 4.76. The van der Waals surface area contributed by atoms with Gasteiger partial charge in [0.25, 0.3) is 0 Å². The molecule has 2 atom stereocenters. The summed E-state index contributed by atoms with van der Waals surface area (Å²) in [5.74, 6) is 0.372. The van der Waals surface area contributed by atoms with E-state index < -0.39 is 9.84 Å². The lowest BCUT2D eigenvalue weighted by atomic mass is 10.1. The topological polar surface area (TPSA) is 70.0 Å². The molecule has 1 aliphatic rings. The smallest absolute Gasteiger partial charge is 0.152 e. The molecule has 0 radical (unpaired) electrons. The molecule has 1 fully saturated rings. The van der Waals surface area contributed by atoms with E-state index in [4.69, 9.17) is 5.26 Å². The van der Waals surface area contributed by atoms with E-state index >= 15 is 0 Å². The van der Waals surface area contributed by atoms with Gasteiger partial charge in [-0.25, -0.2) is 8.42 Å². The first-order valence-corrected chi connectivity index (χ1v) is 7.79. The van der Waals surface area contributed by atoms with Crippen LogP contribution in [0.3, 0.4) is 0 Å². The SMILES string of the molecule is CC1CCS(=O)(=O)CC(c2ccc(C#N)cc2)N1. The highest BCUT2D eigenvalue weighted by Gasteiger charge is 2.26. The fourth-order valence-electron chi connectivity index (χ4n) is 2.15. The number of sulfone groups is 1. The van der Waals surface area contributed by atoms with Gasteiger partial charge in [0.05, 0.1) is 23.1 Å². The van der Waals surface area contributed by atoms with Crippen LogP contribution in [-0.2, 0) is 9.84 Å². The van der Waals surface area contributed by atoms with Crippen LogP contribution in [0.1, 0.15) is 30.5 Å². The van der Waals surface area contributed by atoms with Crippen molar-refractivity contribution in [2.45, 2.75) is 25.4 Å². The molecule has 2 rings (SSSR count). The zero-order valence-electron chi connectivity index (χ0n) is 10.3. The van der Waals surface area contributed by atoms with Gasteiger partial charge in [-0.15, -0.1) is 0 Å². The Kier molecular flexibility index (Phi) is 3.69. The Hall–Kier alpha value is -1.38. The standard InChI is InChI=1S/C13H16N2O2S/c1-10-6-7-18(16,17)9-13(15-10)12-4-2-11(8-14)3-5-12/h2-5,10,13,15H,6-7,9H2,1H3. The molecule has 0 aliphatic carbocycles. The summed E-state index contributed by atoms with van der Waals surface area (Å²) in [5, 5.41) is 12.1. The Morgan fingerprint density at radius 2 is 2.00 bits per heavy atom. The van der Waals surface area contributed by atoms with Gasteiger partial charge in [-0.2, -0.15) is 5.26 Å². The van der Waals surface area contributed by atoms with Crippen molar-refractivity contribution in [1.29, 1.82) is 5.26 Å². The van der Waals surface area contributed by atoms with Crippen molar-refractivity contribution in [3.05, 3.63) is 35.4 Å². The molecule has 0 aromatic heterocycles. The number of rotatable bonds is 1. The summed E-state index contributed by atoms with van der Waals surface area (Å²) in [6, 6.07) is 9.15. The Bertz CT molecular complexity index is 558. The van der Waals surface area contributed by atoms with Crippen LogP contribution < -0.4 is 5.32 Å². The minimum absolute atomic E-state index is 0.128. The lowest BCUT2D eigenvalue weighted by Crippen LogP contribution is -2.30. The van der Waals surface area contributed by atoms with E-state index in [1.165, 1.54) is 0 Å². The van der Waals surface area contributed by atoms with Crippen molar-refractivity contribution in [2.75, 3.05) is 11.5 Å². The summed E-state index contributed by atoms with van der Waals surface area (Å²) in [6.45, 7) is 2.00. The highest BCUT2D eigenvalue weighted by Crippen LogP contribution is 2.21. The number of benzene rings is 1. The zero-order valence-corrected chi connectivity index (χ0v) is 11.1. The number of nitrogens with one attached hydrogen (secondary N) is 1. The van der Waals surface area contributed by atoms with Crippen LogP contribution >= 0.6 is 0 Å². The number of nitrogens with zero attached hydrogens (tertiary/aromatic N) is 1. The van der Waals surface area contributed by atoms with Gasteiger partial charge in [0.15, 0.2) is 9.84 Å². The third kappa shape index (κ3) is 3.09. The maximum absolute atomic E-state index is 11.8. The van der Waals surface area contributed by atoms with Crippen molar-refractivity contribution in [1.82, 2.24) is 5.32 Å². The summed E-state index contributed by atoms with van der Waals surface area (Å²) in [7, 11) is -2.99. The predicted octanol–water partition coefficient (Wildman–Crippen LogP) is 1.40. The van der Waals surface area contributed by atoms with Crippen molar-refractivity contribution >= 4 is 9.84 Å². The van der Waals surface area contributed by atoms with Crippen LogP contribution in [0.25, 0.3) is 0 Å². The highest BCUT2D eigenvalue weighted by molar-refractivity contribution is 7.91. The summed E-state index contributed by atoms with van der Waals surface area (Å²) in [6.07, 6.45) is 0.648. The predicted molar refractivity (Wildman–Crippen MR) is 69.8 cm³/mol. The Labute approximate surface area is 108 Å². The van der Waals surface area contributed by atoms with Crippen LogP contribution in [0.15, 0.2) is 24.3 Å². The van der Waals surface area contributed by atoms with Crippen molar-refractivity contribution in [2.24, 2.45) is 0 Å². The third-order valence-corrected chi connectivity index (χ3v) is 4.91. The lowest BCUT2D eigenvalue weighted by molar-refractivity contribution is 0.484. The van der Waals surface area contributed by atoms with Crippen LogP contribution in [-0.4, -0.2) is 26.0 Å². The first kappa shape index (κ1) is 13.1. The van der Waals surface area contributed by atoms with Gasteiger partial charge in [-0.1, -0.05) is 12.1 Å². The molecule has 0 bridgehead atoms. The van der Waals surface area contributed by atoms with Crippen molar-refractivity contribution < 1.29 is 8.42 Å². The van der Waals surface area contributed by atoms with Crippen LogP contribution in [0, 0.1) is 11.3 Å². The molecule has 1 aromatic rings. The summed E-state index contributed by atoms with van der Waals surface area (Å²) in [5.41, 5.74) is 1.51. The summed E-state index contributed by atoms with van der Waals surface area (Å²) >= 11 is 0. The Morgan fingerprint density at radius 3 is 2.61 bits per heavy atom. The van der Waals surface area contributed by atoms with Crippen molar-refractivity contribution in [3.8, 4) is 6.07 Å². The fraction of sp³-hybridized carbons (Fsp3) is 0.462. The molecule has 1 saturated heterocycles. The molecule has 0 amide bonds. The van der Waals surface area contributed by atoms with E-state index in [9.17, 15) is 8.42 Å². The van der Waals surface area contributed by atoms with Gasteiger partial charge >= 0.3 is 0 Å². The first-order valence-electron chi connectivity index (χ1n) is 5.97. The molecule has 96 valence electrons. The van der Waals surface area contributed by atoms with Gasteiger partial charge < -0.3 is 5.32 Å². The van der Waals surface area contributed by atoms with Crippen molar-refractivity contribution in [3.63, 3.8) is 0 Å². The normalized spacial score (nSPS) is 27.1. The molecule has 1 aliphatic heterocycles. The van der Waals surface area contributed by atoms with Gasteiger partial charge in [0.1, 0.15) is 0 Å². The summed E-state index contributed by atoms with van der Waals surface area (Å²) in [4.78, 5) is 0. The fourth-order valence-corrected chi connectivity index (χ4v) is 3.83. The average molecular weight is 264 g/mol. The average Bonchev–Trinajstić information content (AvgIpc) is 2.48. The first-order chi connectivity index (χ1) is 8.50.